The smallest absolute Gasteiger partial charge is 0.0594 e. The summed E-state index contributed by atoms with van der Waals surface area (Å²) in [7, 11) is 0. The summed E-state index contributed by atoms with van der Waals surface area (Å²) < 4.78 is 5.37. The maximum absolute atomic E-state index is 5.37. The third kappa shape index (κ3) is 6.21. The fraction of sp³-hybridized carbons (Fsp3) is 1.00. The Hall–Kier alpha value is -0.160. The average Bonchev–Trinajstić information content (AvgIpc) is 2.68. The van der Waals surface area contributed by atoms with Crippen molar-refractivity contribution in [3.8, 4) is 0 Å². The molecule has 2 unspecified atom stereocenters. The van der Waals surface area contributed by atoms with Crippen LogP contribution in [0.4, 0.5) is 0 Å². The zero-order valence-electron chi connectivity index (χ0n) is 12.5. The summed E-state index contributed by atoms with van der Waals surface area (Å²) in [4.78, 5) is 2.49. The molecule has 2 aliphatic heterocycles. The van der Waals surface area contributed by atoms with Gasteiger partial charge in [-0.05, 0) is 32.7 Å². The Morgan fingerprint density at radius 3 is 2.95 bits per heavy atom. The zero-order chi connectivity index (χ0) is 13.3. The van der Waals surface area contributed by atoms with E-state index in [0.717, 1.165) is 45.4 Å². The molecule has 4 heteroatoms. The fourth-order valence-electron chi connectivity index (χ4n) is 3.11. The van der Waals surface area contributed by atoms with Crippen LogP contribution in [0.2, 0.25) is 0 Å². The molecule has 2 N–H and O–H groups in total. The second-order valence-corrected chi connectivity index (χ2v) is 6.05. The first-order valence-corrected chi connectivity index (χ1v) is 8.11. The first kappa shape index (κ1) is 15.2. The lowest BCUT2D eigenvalue weighted by atomic mass is 10.0. The van der Waals surface area contributed by atoms with E-state index < -0.39 is 0 Å². The largest absolute Gasteiger partial charge is 0.379 e. The first-order chi connectivity index (χ1) is 9.34. The lowest BCUT2D eigenvalue weighted by Crippen LogP contribution is -2.43. The van der Waals surface area contributed by atoms with Gasteiger partial charge in [0, 0.05) is 38.3 Å². The summed E-state index contributed by atoms with van der Waals surface area (Å²) in [5.74, 6) is 0. The summed E-state index contributed by atoms with van der Waals surface area (Å²) in [5, 5.41) is 7.36. The molecule has 2 aliphatic rings. The van der Waals surface area contributed by atoms with E-state index >= 15 is 0 Å². The number of hydrogen-bond donors (Lipinski definition) is 2. The molecule has 19 heavy (non-hydrogen) atoms. The maximum Gasteiger partial charge on any atom is 0.0594 e. The Morgan fingerprint density at radius 1 is 1.26 bits per heavy atom. The van der Waals surface area contributed by atoms with E-state index in [0.29, 0.717) is 6.04 Å². The molecule has 0 saturated carbocycles. The van der Waals surface area contributed by atoms with E-state index in [1.54, 1.807) is 0 Å². The Morgan fingerprint density at radius 2 is 2.11 bits per heavy atom. The predicted octanol–water partition coefficient (Wildman–Crippen LogP) is 1.22. The summed E-state index contributed by atoms with van der Waals surface area (Å²) in [6, 6.07) is 1.35. The van der Waals surface area contributed by atoms with Crippen LogP contribution in [0.15, 0.2) is 0 Å². The number of nitrogens with zero attached hydrogens (tertiary/aromatic N) is 1. The van der Waals surface area contributed by atoms with Gasteiger partial charge in [-0.15, -0.1) is 0 Å². The molecule has 2 rings (SSSR count). The van der Waals surface area contributed by atoms with E-state index in [1.807, 2.05) is 0 Å². The van der Waals surface area contributed by atoms with Crippen molar-refractivity contribution in [1.29, 1.82) is 0 Å². The molecule has 2 fully saturated rings. The quantitative estimate of drug-likeness (QED) is 0.760. The zero-order valence-corrected chi connectivity index (χ0v) is 12.5. The summed E-state index contributed by atoms with van der Waals surface area (Å²) in [5.41, 5.74) is 0. The molecular weight excluding hydrogens is 238 g/mol. The van der Waals surface area contributed by atoms with Gasteiger partial charge in [0.05, 0.1) is 13.2 Å². The van der Waals surface area contributed by atoms with Crippen molar-refractivity contribution in [2.45, 2.75) is 51.1 Å². The van der Waals surface area contributed by atoms with Crippen LogP contribution >= 0.6 is 0 Å². The minimum atomic E-state index is 0.622. The Bertz CT molecular complexity index is 223. The van der Waals surface area contributed by atoms with Crippen LogP contribution in [0.1, 0.15) is 39.0 Å². The van der Waals surface area contributed by atoms with Gasteiger partial charge in [0.25, 0.3) is 0 Å². The highest BCUT2D eigenvalue weighted by Gasteiger charge is 2.15. The van der Waals surface area contributed by atoms with Crippen LogP contribution in [0, 0.1) is 0 Å². The van der Waals surface area contributed by atoms with Crippen LogP contribution in [-0.4, -0.2) is 62.9 Å². The highest BCUT2D eigenvalue weighted by atomic mass is 16.5. The molecule has 0 aromatic heterocycles. The lowest BCUT2D eigenvalue weighted by Gasteiger charge is -2.28. The van der Waals surface area contributed by atoms with Crippen molar-refractivity contribution in [3.63, 3.8) is 0 Å². The molecule has 0 aromatic rings. The van der Waals surface area contributed by atoms with E-state index in [4.69, 9.17) is 4.74 Å². The van der Waals surface area contributed by atoms with Gasteiger partial charge in [-0.1, -0.05) is 12.8 Å². The third-order valence-corrected chi connectivity index (χ3v) is 4.32. The molecule has 0 amide bonds. The van der Waals surface area contributed by atoms with Crippen molar-refractivity contribution in [2.75, 3.05) is 45.9 Å². The van der Waals surface area contributed by atoms with E-state index in [2.05, 4.69) is 22.5 Å². The molecule has 2 heterocycles. The SMILES string of the molecule is CC(CC1CCCCCN1)NCCN1CCOCC1. The van der Waals surface area contributed by atoms with E-state index in [1.165, 1.54) is 38.6 Å². The number of ether oxygens (including phenoxy) is 1. The Kier molecular flexibility index (Phi) is 7.14. The Labute approximate surface area is 118 Å². The van der Waals surface area contributed by atoms with Crippen LogP contribution in [-0.2, 0) is 4.74 Å². The van der Waals surface area contributed by atoms with Gasteiger partial charge >= 0.3 is 0 Å². The van der Waals surface area contributed by atoms with Gasteiger partial charge in [-0.3, -0.25) is 4.90 Å². The highest BCUT2D eigenvalue weighted by Crippen LogP contribution is 2.12. The van der Waals surface area contributed by atoms with E-state index in [9.17, 15) is 0 Å². The normalized spacial score (nSPS) is 27.9. The van der Waals surface area contributed by atoms with Crippen molar-refractivity contribution in [2.24, 2.45) is 0 Å². The average molecular weight is 269 g/mol. The second-order valence-electron chi connectivity index (χ2n) is 6.05. The molecule has 0 radical (unpaired) electrons. The van der Waals surface area contributed by atoms with Crippen LogP contribution in [0.25, 0.3) is 0 Å². The van der Waals surface area contributed by atoms with Crippen LogP contribution < -0.4 is 10.6 Å². The molecule has 2 saturated heterocycles. The minimum absolute atomic E-state index is 0.622. The summed E-state index contributed by atoms with van der Waals surface area (Å²) >= 11 is 0. The van der Waals surface area contributed by atoms with E-state index in [-0.39, 0.29) is 0 Å². The van der Waals surface area contributed by atoms with Gasteiger partial charge in [-0.2, -0.15) is 0 Å². The van der Waals surface area contributed by atoms with Crippen molar-refractivity contribution >= 4 is 0 Å². The number of rotatable bonds is 6. The molecule has 0 bridgehead atoms. The molecule has 0 aromatic carbocycles. The van der Waals surface area contributed by atoms with Crippen molar-refractivity contribution < 1.29 is 4.74 Å². The molecule has 4 nitrogen and oxygen atoms in total. The molecular formula is C15H31N3O. The molecule has 112 valence electrons. The van der Waals surface area contributed by atoms with Crippen molar-refractivity contribution in [3.05, 3.63) is 0 Å². The summed E-state index contributed by atoms with van der Waals surface area (Å²) in [6.07, 6.45) is 6.79. The molecule has 0 aliphatic carbocycles. The van der Waals surface area contributed by atoms with Gasteiger partial charge in [0.15, 0.2) is 0 Å². The predicted molar refractivity (Wildman–Crippen MR) is 79.6 cm³/mol. The second kappa shape index (κ2) is 8.90. The first-order valence-electron chi connectivity index (χ1n) is 8.11. The summed E-state index contributed by atoms with van der Waals surface area (Å²) in [6.45, 7) is 9.81. The standard InChI is InChI=1S/C15H31N3O/c1-14(13-15-5-3-2-4-6-17-15)16-7-8-18-9-11-19-12-10-18/h14-17H,2-13H2,1H3. The minimum Gasteiger partial charge on any atom is -0.379 e. The number of hydrogen-bond acceptors (Lipinski definition) is 4. The molecule has 0 spiro atoms. The van der Waals surface area contributed by atoms with Crippen LogP contribution in [0.5, 0.6) is 0 Å². The highest BCUT2D eigenvalue weighted by molar-refractivity contribution is 4.76. The van der Waals surface area contributed by atoms with Gasteiger partial charge < -0.3 is 15.4 Å². The van der Waals surface area contributed by atoms with Gasteiger partial charge in [0.2, 0.25) is 0 Å². The molecule has 2 atom stereocenters. The number of nitrogens with one attached hydrogen (secondary N) is 2. The maximum atomic E-state index is 5.37. The monoisotopic (exact) mass is 269 g/mol. The Balaban J connectivity index is 1.54. The topological polar surface area (TPSA) is 36.5 Å². The lowest BCUT2D eigenvalue weighted by molar-refractivity contribution is 0.0381. The van der Waals surface area contributed by atoms with Crippen molar-refractivity contribution in [1.82, 2.24) is 15.5 Å². The third-order valence-electron chi connectivity index (χ3n) is 4.32. The fourth-order valence-corrected chi connectivity index (χ4v) is 3.11. The van der Waals surface area contributed by atoms with Gasteiger partial charge in [-0.25, -0.2) is 0 Å². The van der Waals surface area contributed by atoms with Crippen LogP contribution in [0.3, 0.4) is 0 Å². The van der Waals surface area contributed by atoms with Gasteiger partial charge in [0.1, 0.15) is 0 Å². The number of morpholine rings is 1.